The van der Waals surface area contributed by atoms with Crippen LogP contribution in [0.4, 0.5) is 0 Å². The highest BCUT2D eigenvalue weighted by Gasteiger charge is 2.41. The highest BCUT2D eigenvalue weighted by Crippen LogP contribution is 2.44. The maximum absolute atomic E-state index is 12.7. The molecule has 2 heterocycles. The highest BCUT2D eigenvalue weighted by molar-refractivity contribution is 6.42. The fraction of sp³-hybridized carbons (Fsp3) is 0.148. The third-order valence-corrected chi connectivity index (χ3v) is 7.50. The Morgan fingerprint density at radius 1 is 1.16 bits per heavy atom. The zero-order chi connectivity index (χ0) is 26.1. The van der Waals surface area contributed by atoms with Crippen LogP contribution in [0.3, 0.4) is 0 Å². The van der Waals surface area contributed by atoms with Crippen molar-refractivity contribution in [2.24, 2.45) is 16.2 Å². The summed E-state index contributed by atoms with van der Waals surface area (Å²) in [4.78, 5) is 18.2. The predicted molar refractivity (Wildman–Crippen MR) is 145 cm³/mol. The van der Waals surface area contributed by atoms with Crippen molar-refractivity contribution in [3.63, 3.8) is 0 Å². The van der Waals surface area contributed by atoms with Crippen LogP contribution >= 0.6 is 23.2 Å². The number of H-pyrrole nitrogens is 1. The van der Waals surface area contributed by atoms with E-state index >= 15 is 0 Å². The number of hydrazine groups is 1. The fourth-order valence-corrected chi connectivity index (χ4v) is 5.45. The summed E-state index contributed by atoms with van der Waals surface area (Å²) in [5.41, 5.74) is 7.71. The largest absolute Gasteiger partial charge is 0.480 e. The first-order chi connectivity index (χ1) is 17.9. The topological polar surface area (TPSA) is 119 Å². The molecule has 8 nitrogen and oxygen atoms in total. The summed E-state index contributed by atoms with van der Waals surface area (Å²) in [6.07, 6.45) is 0.339. The minimum absolute atomic E-state index is 0.326. The Balaban J connectivity index is 1.66. The molecule has 0 saturated carbocycles. The van der Waals surface area contributed by atoms with Crippen LogP contribution in [0.5, 0.6) is 0 Å². The monoisotopic (exact) mass is 534 g/mol. The van der Waals surface area contributed by atoms with Crippen molar-refractivity contribution < 1.29 is 9.90 Å². The van der Waals surface area contributed by atoms with Crippen molar-refractivity contribution in [1.29, 1.82) is 0 Å². The second-order valence-corrected chi connectivity index (χ2v) is 9.60. The molecular formula is C27H24Cl2N6O2. The van der Waals surface area contributed by atoms with Crippen LogP contribution in [-0.2, 0) is 17.8 Å². The Hall–Kier alpha value is -3.69. The quantitative estimate of drug-likeness (QED) is 0.134. The van der Waals surface area contributed by atoms with Gasteiger partial charge < -0.3 is 10.1 Å². The molecule has 1 aromatic heterocycles. The number of nitrogens with two attached hydrogens (primary N) is 1. The maximum atomic E-state index is 12.7. The van der Waals surface area contributed by atoms with Crippen molar-refractivity contribution in [3.8, 4) is 0 Å². The van der Waals surface area contributed by atoms with Crippen molar-refractivity contribution in [1.82, 2.24) is 15.4 Å². The van der Waals surface area contributed by atoms with Gasteiger partial charge in [-0.25, -0.2) is 11.4 Å². The number of hydrogen-bond acceptors (Lipinski definition) is 5. The molecule has 0 spiro atoms. The molecule has 3 aromatic carbocycles. The van der Waals surface area contributed by atoms with Gasteiger partial charge in [-0.1, -0.05) is 83.5 Å². The number of hydrogen-bond donors (Lipinski definition) is 4. The minimum Gasteiger partial charge on any atom is -0.480 e. The number of carboxylic acids is 1. The van der Waals surface area contributed by atoms with Gasteiger partial charge in [0.05, 0.1) is 21.8 Å². The van der Waals surface area contributed by atoms with Crippen LogP contribution < -0.4 is 11.4 Å². The minimum atomic E-state index is -0.914. The van der Waals surface area contributed by atoms with Gasteiger partial charge in [-0.3, -0.25) is 9.69 Å². The molecule has 0 saturated heterocycles. The lowest BCUT2D eigenvalue weighted by molar-refractivity contribution is -0.144. The molecule has 0 aliphatic carbocycles. The normalized spacial score (nSPS) is 17.7. The second kappa shape index (κ2) is 10.4. The van der Waals surface area contributed by atoms with Crippen LogP contribution in [0.15, 0.2) is 83.6 Å². The summed E-state index contributed by atoms with van der Waals surface area (Å²) in [6.45, 7) is 4.26. The molecule has 4 aromatic rings. The summed E-state index contributed by atoms with van der Waals surface area (Å²) in [5.74, 6) is 4.26. The molecule has 0 amide bonds. The first-order valence-electron chi connectivity index (χ1n) is 11.6. The summed E-state index contributed by atoms with van der Waals surface area (Å²) in [5, 5.41) is 19.7. The SMILES string of the molecule is C=C(/N=N\NN)c1cccc(CN2[C@@H](c3cccc(Cl)c3Cl)c3[nH]c4ccccc4c3C[C@H]2C(=O)O)c1. The zero-order valence-corrected chi connectivity index (χ0v) is 21.2. The number of rotatable bonds is 7. The number of carboxylic acid groups (broad SMARTS) is 1. The number of halogens is 2. The summed E-state index contributed by atoms with van der Waals surface area (Å²) in [7, 11) is 0. The van der Waals surface area contributed by atoms with E-state index in [0.717, 1.165) is 38.9 Å². The van der Waals surface area contributed by atoms with Gasteiger partial charge in [-0.15, -0.1) is 5.11 Å². The third kappa shape index (κ3) is 4.72. The highest BCUT2D eigenvalue weighted by atomic mass is 35.5. The Labute approximate surface area is 223 Å². The van der Waals surface area contributed by atoms with Gasteiger partial charge in [-0.2, -0.15) is 0 Å². The van der Waals surface area contributed by atoms with E-state index in [4.69, 9.17) is 29.0 Å². The molecule has 1 aliphatic heterocycles. The molecule has 5 rings (SSSR count). The van der Waals surface area contributed by atoms with Crippen molar-refractivity contribution in [2.45, 2.75) is 25.0 Å². The maximum Gasteiger partial charge on any atom is 0.321 e. The van der Waals surface area contributed by atoms with Crippen molar-refractivity contribution >= 4 is 45.8 Å². The van der Waals surface area contributed by atoms with E-state index in [9.17, 15) is 9.90 Å². The average Bonchev–Trinajstić information content (AvgIpc) is 3.27. The molecule has 37 heavy (non-hydrogen) atoms. The fourth-order valence-electron chi connectivity index (χ4n) is 5.03. The Morgan fingerprint density at radius 3 is 2.73 bits per heavy atom. The first kappa shape index (κ1) is 25.0. The molecule has 0 bridgehead atoms. The number of aromatic nitrogens is 1. The zero-order valence-electron chi connectivity index (χ0n) is 19.7. The van der Waals surface area contributed by atoms with E-state index in [0.29, 0.717) is 28.7 Å². The van der Waals surface area contributed by atoms with Gasteiger partial charge >= 0.3 is 5.97 Å². The first-order valence-corrected chi connectivity index (χ1v) is 12.3. The second-order valence-electron chi connectivity index (χ2n) is 8.82. The molecule has 1 aliphatic rings. The third-order valence-electron chi connectivity index (χ3n) is 6.66. The van der Waals surface area contributed by atoms with Crippen LogP contribution in [0, 0.1) is 0 Å². The standard InChI is InChI=1S/C27H24Cl2N6O2/c1-15(32-34-33-30)17-7-4-6-16(12-17)14-35-23(27(36)37)13-20-18-8-2-3-11-22(18)31-25(20)26(35)19-9-5-10-21(28)24(19)29/h2-12,23,26,31H,1,13-14H2,(H2,30,34)(H,32,33)(H,36,37)/t23-,26-/m0/s1. The Morgan fingerprint density at radius 2 is 1.95 bits per heavy atom. The Bertz CT molecular complexity index is 1530. The molecule has 10 heteroatoms. The van der Waals surface area contributed by atoms with E-state index in [-0.39, 0.29) is 0 Å². The number of nitrogens with zero attached hydrogens (tertiary/aromatic N) is 3. The van der Waals surface area contributed by atoms with Gasteiger partial charge in [0, 0.05) is 35.1 Å². The molecule has 188 valence electrons. The molecule has 2 atom stereocenters. The summed E-state index contributed by atoms with van der Waals surface area (Å²) in [6, 6.07) is 19.6. The van der Waals surface area contributed by atoms with Gasteiger partial charge in [0.1, 0.15) is 6.04 Å². The molecule has 0 radical (unpaired) electrons. The van der Waals surface area contributed by atoms with Gasteiger partial charge in [0.25, 0.3) is 0 Å². The van der Waals surface area contributed by atoms with Crippen molar-refractivity contribution in [2.75, 3.05) is 0 Å². The van der Waals surface area contributed by atoms with E-state index in [2.05, 4.69) is 27.4 Å². The smallest absolute Gasteiger partial charge is 0.321 e. The summed E-state index contributed by atoms with van der Waals surface area (Å²) < 4.78 is 0. The van der Waals surface area contributed by atoms with E-state index in [1.54, 1.807) is 6.07 Å². The average molecular weight is 535 g/mol. The predicted octanol–water partition coefficient (Wildman–Crippen LogP) is 5.88. The van der Waals surface area contributed by atoms with E-state index in [1.807, 2.05) is 65.6 Å². The lowest BCUT2D eigenvalue weighted by Crippen LogP contribution is -2.48. The van der Waals surface area contributed by atoms with Gasteiger partial charge in [0.15, 0.2) is 0 Å². The molecular weight excluding hydrogens is 511 g/mol. The number of aliphatic carboxylic acids is 1. The molecule has 5 N–H and O–H groups in total. The van der Waals surface area contributed by atoms with E-state index < -0.39 is 18.1 Å². The number of aromatic amines is 1. The van der Waals surface area contributed by atoms with Crippen molar-refractivity contribution in [3.05, 3.63) is 111 Å². The summed E-state index contributed by atoms with van der Waals surface area (Å²) >= 11 is 13.2. The number of benzene rings is 3. The van der Waals surface area contributed by atoms with Crippen LogP contribution in [0.2, 0.25) is 10.0 Å². The lowest BCUT2D eigenvalue weighted by Gasteiger charge is -2.41. The Kier molecular flexibility index (Phi) is 6.99. The number of para-hydroxylation sites is 1. The van der Waals surface area contributed by atoms with Crippen LogP contribution in [0.1, 0.15) is 34.0 Å². The van der Waals surface area contributed by atoms with Gasteiger partial charge in [0.2, 0.25) is 0 Å². The number of carbonyl (C=O) groups is 1. The van der Waals surface area contributed by atoms with Crippen LogP contribution in [0.25, 0.3) is 16.6 Å². The molecule has 0 unspecified atom stereocenters. The lowest BCUT2D eigenvalue weighted by atomic mass is 9.87. The number of nitrogens with one attached hydrogen (secondary N) is 2. The molecule has 0 fully saturated rings. The van der Waals surface area contributed by atoms with E-state index in [1.165, 1.54) is 0 Å². The van der Waals surface area contributed by atoms with Gasteiger partial charge in [-0.05, 0) is 34.9 Å². The van der Waals surface area contributed by atoms with Crippen LogP contribution in [-0.4, -0.2) is 27.0 Å². The number of fused-ring (bicyclic) bond motifs is 3.